The van der Waals surface area contributed by atoms with Gasteiger partial charge >= 0.3 is 0 Å². The van der Waals surface area contributed by atoms with Gasteiger partial charge in [0, 0.05) is 5.92 Å². The standard InChI is InChI=1S/C16H22NO/c1-2-14-9-6-10-16(11-14)13-18-17-12-15-7-4-3-5-8-15/h6,9-11,15H,2-5,7-8,13H2,1H3. The fourth-order valence-electron chi connectivity index (χ4n) is 2.39. The molecule has 2 rings (SSSR count). The molecule has 0 bridgehead atoms. The molecule has 0 atom stereocenters. The van der Waals surface area contributed by atoms with Crippen LogP contribution in [0.3, 0.4) is 0 Å². The molecule has 1 aliphatic carbocycles. The molecule has 97 valence electrons. The third-order valence-electron chi connectivity index (χ3n) is 3.54. The SMILES string of the molecule is CCc1cccc(CO/N=[C]\C2CCCCC2)c1. The van der Waals surface area contributed by atoms with Crippen LogP contribution in [0.1, 0.15) is 50.2 Å². The quantitative estimate of drug-likeness (QED) is 0.561. The summed E-state index contributed by atoms with van der Waals surface area (Å²) in [7, 11) is 0. The Balaban J connectivity index is 1.75. The molecule has 0 unspecified atom stereocenters. The Hall–Kier alpha value is -1.31. The molecule has 0 amide bonds. The van der Waals surface area contributed by atoms with Crippen molar-refractivity contribution >= 4 is 6.21 Å². The second kappa shape index (κ2) is 7.20. The van der Waals surface area contributed by atoms with Crippen LogP contribution >= 0.6 is 0 Å². The molecule has 0 heterocycles. The fraction of sp³-hybridized carbons (Fsp3) is 0.562. The van der Waals surface area contributed by atoms with Crippen molar-refractivity contribution in [2.75, 3.05) is 0 Å². The van der Waals surface area contributed by atoms with Crippen LogP contribution in [0.5, 0.6) is 0 Å². The second-order valence-electron chi connectivity index (χ2n) is 5.00. The molecule has 1 fully saturated rings. The molecule has 1 aromatic rings. The van der Waals surface area contributed by atoms with E-state index in [1.165, 1.54) is 43.2 Å². The normalized spacial score (nSPS) is 17.2. The summed E-state index contributed by atoms with van der Waals surface area (Å²) >= 11 is 0. The molecule has 0 aliphatic heterocycles. The van der Waals surface area contributed by atoms with Crippen molar-refractivity contribution in [1.29, 1.82) is 0 Å². The van der Waals surface area contributed by atoms with Gasteiger partial charge in [-0.05, 0) is 30.4 Å². The van der Waals surface area contributed by atoms with Crippen LogP contribution in [0.25, 0.3) is 0 Å². The van der Waals surface area contributed by atoms with Crippen LogP contribution in [0.2, 0.25) is 0 Å². The molecule has 1 radical (unpaired) electrons. The van der Waals surface area contributed by atoms with Crippen LogP contribution in [-0.2, 0) is 17.9 Å². The van der Waals surface area contributed by atoms with Gasteiger partial charge in [-0.2, -0.15) is 0 Å². The number of benzene rings is 1. The molecule has 1 aliphatic rings. The van der Waals surface area contributed by atoms with Crippen LogP contribution in [0.4, 0.5) is 0 Å². The highest BCUT2D eigenvalue weighted by molar-refractivity contribution is 5.59. The van der Waals surface area contributed by atoms with Crippen molar-refractivity contribution in [3.05, 3.63) is 35.4 Å². The molecular formula is C16H22NO. The van der Waals surface area contributed by atoms with Gasteiger partial charge < -0.3 is 4.84 Å². The summed E-state index contributed by atoms with van der Waals surface area (Å²) in [6.07, 6.45) is 10.6. The van der Waals surface area contributed by atoms with E-state index in [1.807, 2.05) is 0 Å². The van der Waals surface area contributed by atoms with E-state index in [1.54, 1.807) is 0 Å². The average molecular weight is 244 g/mol. The third kappa shape index (κ3) is 4.17. The molecule has 0 saturated heterocycles. The Morgan fingerprint density at radius 2 is 2.00 bits per heavy atom. The monoisotopic (exact) mass is 244 g/mol. The van der Waals surface area contributed by atoms with Crippen LogP contribution < -0.4 is 0 Å². The Morgan fingerprint density at radius 1 is 1.22 bits per heavy atom. The number of nitrogens with zero attached hydrogens (tertiary/aromatic N) is 1. The van der Waals surface area contributed by atoms with Gasteiger partial charge in [-0.15, -0.1) is 0 Å². The smallest absolute Gasteiger partial charge is 0.142 e. The zero-order chi connectivity index (χ0) is 12.6. The van der Waals surface area contributed by atoms with E-state index in [0.29, 0.717) is 12.5 Å². The third-order valence-corrected chi connectivity index (χ3v) is 3.54. The van der Waals surface area contributed by atoms with E-state index < -0.39 is 0 Å². The van der Waals surface area contributed by atoms with Crippen molar-refractivity contribution < 1.29 is 4.84 Å². The van der Waals surface area contributed by atoms with E-state index in [-0.39, 0.29) is 0 Å². The lowest BCUT2D eigenvalue weighted by molar-refractivity contribution is 0.130. The highest BCUT2D eigenvalue weighted by Crippen LogP contribution is 2.21. The van der Waals surface area contributed by atoms with E-state index in [0.717, 1.165) is 6.42 Å². The molecule has 0 N–H and O–H groups in total. The van der Waals surface area contributed by atoms with Crippen molar-refractivity contribution in [2.45, 2.75) is 52.1 Å². The Labute approximate surface area is 110 Å². The van der Waals surface area contributed by atoms with E-state index in [4.69, 9.17) is 4.84 Å². The first-order chi connectivity index (χ1) is 8.88. The van der Waals surface area contributed by atoms with Crippen molar-refractivity contribution in [3.63, 3.8) is 0 Å². The summed E-state index contributed by atoms with van der Waals surface area (Å²) in [4.78, 5) is 5.34. The first-order valence-corrected chi connectivity index (χ1v) is 7.04. The topological polar surface area (TPSA) is 21.6 Å². The number of hydrogen-bond donors (Lipinski definition) is 0. The van der Waals surface area contributed by atoms with Crippen LogP contribution in [0, 0.1) is 5.92 Å². The number of aryl methyl sites for hydroxylation is 1. The molecule has 18 heavy (non-hydrogen) atoms. The largest absolute Gasteiger partial charge is 0.391 e. The van der Waals surface area contributed by atoms with Gasteiger partial charge in [-0.25, -0.2) is 0 Å². The van der Waals surface area contributed by atoms with Crippen molar-refractivity contribution in [2.24, 2.45) is 11.1 Å². The highest BCUT2D eigenvalue weighted by atomic mass is 16.6. The number of rotatable bonds is 5. The van der Waals surface area contributed by atoms with Crippen molar-refractivity contribution in [1.82, 2.24) is 0 Å². The van der Waals surface area contributed by atoms with Gasteiger partial charge in [0.1, 0.15) is 12.8 Å². The predicted octanol–water partition coefficient (Wildman–Crippen LogP) is 4.21. The highest BCUT2D eigenvalue weighted by Gasteiger charge is 2.11. The van der Waals surface area contributed by atoms with Gasteiger partial charge in [0.05, 0.1) is 0 Å². The molecule has 2 nitrogen and oxygen atoms in total. The van der Waals surface area contributed by atoms with Gasteiger partial charge in [-0.3, -0.25) is 0 Å². The van der Waals surface area contributed by atoms with Crippen LogP contribution in [-0.4, -0.2) is 6.21 Å². The van der Waals surface area contributed by atoms with E-state index >= 15 is 0 Å². The van der Waals surface area contributed by atoms with Gasteiger partial charge in [0.15, 0.2) is 0 Å². The van der Waals surface area contributed by atoms with Crippen molar-refractivity contribution in [3.8, 4) is 0 Å². The number of hydrogen-bond acceptors (Lipinski definition) is 2. The van der Waals surface area contributed by atoms with Crippen LogP contribution in [0.15, 0.2) is 29.4 Å². The summed E-state index contributed by atoms with van der Waals surface area (Å²) in [5, 5.41) is 4.00. The molecular weight excluding hydrogens is 222 g/mol. The minimum Gasteiger partial charge on any atom is -0.391 e. The molecule has 0 spiro atoms. The predicted molar refractivity (Wildman–Crippen MR) is 74.6 cm³/mol. The maximum absolute atomic E-state index is 5.34. The first kappa shape index (κ1) is 13.1. The van der Waals surface area contributed by atoms with E-state index in [9.17, 15) is 0 Å². The first-order valence-electron chi connectivity index (χ1n) is 7.04. The summed E-state index contributed by atoms with van der Waals surface area (Å²) < 4.78 is 0. The van der Waals surface area contributed by atoms with Gasteiger partial charge in [-0.1, -0.05) is 55.6 Å². The van der Waals surface area contributed by atoms with Gasteiger partial charge in [0.2, 0.25) is 0 Å². The Bertz CT molecular complexity index is 380. The summed E-state index contributed by atoms with van der Waals surface area (Å²) in [6.45, 7) is 2.71. The molecule has 2 heteroatoms. The average Bonchev–Trinajstić information content (AvgIpc) is 2.45. The molecule has 1 saturated carbocycles. The maximum atomic E-state index is 5.34. The lowest BCUT2D eigenvalue weighted by Gasteiger charge is -2.15. The Morgan fingerprint density at radius 3 is 2.78 bits per heavy atom. The summed E-state index contributed by atoms with van der Waals surface area (Å²) in [5.74, 6) is 0.515. The lowest BCUT2D eigenvalue weighted by atomic mass is 9.90. The Kier molecular flexibility index (Phi) is 5.25. The fourth-order valence-corrected chi connectivity index (χ4v) is 2.39. The van der Waals surface area contributed by atoms with Gasteiger partial charge in [0.25, 0.3) is 0 Å². The summed E-state index contributed by atoms with van der Waals surface area (Å²) in [5.41, 5.74) is 2.53. The minimum absolute atomic E-state index is 0.515. The molecule has 1 aromatic carbocycles. The summed E-state index contributed by atoms with van der Waals surface area (Å²) in [6, 6.07) is 8.47. The lowest BCUT2D eigenvalue weighted by Crippen LogP contribution is -2.07. The second-order valence-corrected chi connectivity index (χ2v) is 5.00. The molecule has 0 aromatic heterocycles. The minimum atomic E-state index is 0.515. The zero-order valence-corrected chi connectivity index (χ0v) is 11.2. The van der Waals surface area contributed by atoms with E-state index in [2.05, 4.69) is 42.6 Å². The zero-order valence-electron chi connectivity index (χ0n) is 11.2. The maximum Gasteiger partial charge on any atom is 0.142 e.